The van der Waals surface area contributed by atoms with E-state index in [-0.39, 0.29) is 12.2 Å². The molecule has 4 heteroatoms. The van der Waals surface area contributed by atoms with E-state index in [4.69, 9.17) is 5.26 Å². The molecule has 70 valence electrons. The number of nitrogens with zero attached hydrogens (tertiary/aromatic N) is 1. The second-order valence-electron chi connectivity index (χ2n) is 2.87. The smallest absolute Gasteiger partial charge is 0.137 e. The lowest BCUT2D eigenvalue weighted by atomic mass is 10.1. The third kappa shape index (κ3) is 1.47. The number of fused-ring (bicyclic) bond motifs is 1. The predicted octanol–water partition coefficient (Wildman–Crippen LogP) is 3.28. The minimum absolute atomic E-state index is 0.260. The Hall–Kier alpha value is -0.800. The number of thiophene rings is 1. The van der Waals surface area contributed by atoms with Gasteiger partial charge in [0.25, 0.3) is 0 Å². The number of hydrogen-bond acceptors (Lipinski definition) is 3. The molecule has 0 saturated heterocycles. The Morgan fingerprint density at radius 1 is 1.50 bits per heavy atom. The van der Waals surface area contributed by atoms with Crippen LogP contribution in [0.15, 0.2) is 17.5 Å². The SMILES string of the molecule is N#CCc1ccc2c(I)csc2c1O. The van der Waals surface area contributed by atoms with Crippen LogP contribution < -0.4 is 0 Å². The van der Waals surface area contributed by atoms with Crippen molar-refractivity contribution in [1.29, 1.82) is 5.26 Å². The average molecular weight is 315 g/mol. The van der Waals surface area contributed by atoms with Crippen LogP contribution >= 0.6 is 33.9 Å². The minimum Gasteiger partial charge on any atom is -0.506 e. The van der Waals surface area contributed by atoms with Crippen LogP contribution in [-0.2, 0) is 6.42 Å². The van der Waals surface area contributed by atoms with Crippen LogP contribution in [0.25, 0.3) is 10.1 Å². The van der Waals surface area contributed by atoms with Gasteiger partial charge in [-0.25, -0.2) is 0 Å². The predicted molar refractivity (Wildman–Crippen MR) is 65.5 cm³/mol. The van der Waals surface area contributed by atoms with Crippen molar-refractivity contribution in [2.24, 2.45) is 0 Å². The molecular formula is C10H6INOS. The molecule has 0 radical (unpaired) electrons. The summed E-state index contributed by atoms with van der Waals surface area (Å²) in [6.07, 6.45) is 0.260. The first-order chi connectivity index (χ1) is 6.74. The Balaban J connectivity index is 2.71. The molecule has 0 bridgehead atoms. The highest BCUT2D eigenvalue weighted by Crippen LogP contribution is 2.36. The molecule has 14 heavy (non-hydrogen) atoms. The number of phenolic OH excluding ortho intramolecular Hbond substituents is 1. The zero-order valence-electron chi connectivity index (χ0n) is 7.12. The largest absolute Gasteiger partial charge is 0.506 e. The number of phenols is 1. The Morgan fingerprint density at radius 2 is 2.29 bits per heavy atom. The molecule has 2 aromatic rings. The fraction of sp³-hybridized carbons (Fsp3) is 0.100. The molecule has 0 spiro atoms. The van der Waals surface area contributed by atoms with E-state index in [1.807, 2.05) is 23.6 Å². The van der Waals surface area contributed by atoms with Crippen molar-refractivity contribution >= 4 is 44.0 Å². The number of hydrogen-bond donors (Lipinski definition) is 1. The van der Waals surface area contributed by atoms with Gasteiger partial charge in [0.15, 0.2) is 0 Å². The van der Waals surface area contributed by atoms with Gasteiger partial charge in [-0.05, 0) is 22.6 Å². The number of halogens is 1. The van der Waals surface area contributed by atoms with E-state index in [1.165, 1.54) is 11.3 Å². The molecule has 1 aromatic carbocycles. The molecule has 2 rings (SSSR count). The van der Waals surface area contributed by atoms with Gasteiger partial charge in [-0.3, -0.25) is 0 Å². The second kappa shape index (κ2) is 3.75. The normalized spacial score (nSPS) is 10.3. The third-order valence-electron chi connectivity index (χ3n) is 2.02. The lowest BCUT2D eigenvalue weighted by Gasteiger charge is -2.00. The minimum atomic E-state index is 0.260. The molecule has 0 unspecified atom stereocenters. The zero-order valence-corrected chi connectivity index (χ0v) is 10.1. The Morgan fingerprint density at radius 3 is 3.00 bits per heavy atom. The molecule has 0 saturated carbocycles. The van der Waals surface area contributed by atoms with Crippen molar-refractivity contribution < 1.29 is 5.11 Å². The van der Waals surface area contributed by atoms with Crippen LogP contribution in [0, 0.1) is 14.9 Å². The standard InChI is InChI=1S/C10H6INOS/c11-8-5-14-10-7(8)2-1-6(3-4-12)9(10)13/h1-2,5,13H,3H2. The molecule has 1 aromatic heterocycles. The van der Waals surface area contributed by atoms with E-state index in [0.29, 0.717) is 5.56 Å². The van der Waals surface area contributed by atoms with Crippen molar-refractivity contribution in [3.05, 3.63) is 26.6 Å². The molecule has 2 nitrogen and oxygen atoms in total. The lowest BCUT2D eigenvalue weighted by Crippen LogP contribution is -1.82. The van der Waals surface area contributed by atoms with Gasteiger partial charge < -0.3 is 5.11 Å². The fourth-order valence-electron chi connectivity index (χ4n) is 1.32. The summed E-state index contributed by atoms with van der Waals surface area (Å²) in [6.45, 7) is 0. The van der Waals surface area contributed by atoms with Gasteiger partial charge in [-0.15, -0.1) is 11.3 Å². The summed E-state index contributed by atoms with van der Waals surface area (Å²) >= 11 is 3.75. The van der Waals surface area contributed by atoms with Crippen LogP contribution in [0.1, 0.15) is 5.56 Å². The summed E-state index contributed by atoms with van der Waals surface area (Å²) < 4.78 is 2.02. The highest BCUT2D eigenvalue weighted by molar-refractivity contribution is 14.1. The zero-order chi connectivity index (χ0) is 10.1. The maximum atomic E-state index is 9.85. The number of nitriles is 1. The molecule has 0 atom stereocenters. The van der Waals surface area contributed by atoms with Crippen molar-refractivity contribution in [2.45, 2.75) is 6.42 Å². The van der Waals surface area contributed by atoms with Crippen molar-refractivity contribution in [3.63, 3.8) is 0 Å². The molecule has 0 amide bonds. The highest BCUT2D eigenvalue weighted by Gasteiger charge is 2.09. The summed E-state index contributed by atoms with van der Waals surface area (Å²) in [5, 5.41) is 21.5. The summed E-state index contributed by atoms with van der Waals surface area (Å²) in [5.41, 5.74) is 0.707. The van der Waals surface area contributed by atoms with Crippen LogP contribution in [0.5, 0.6) is 5.75 Å². The maximum absolute atomic E-state index is 9.85. The molecule has 0 aliphatic heterocycles. The molecule has 0 aliphatic rings. The van der Waals surface area contributed by atoms with Crippen LogP contribution in [0.2, 0.25) is 0 Å². The van der Waals surface area contributed by atoms with Crippen LogP contribution in [0.3, 0.4) is 0 Å². The third-order valence-corrected chi connectivity index (χ3v) is 4.34. The number of benzene rings is 1. The molecule has 1 heterocycles. The number of rotatable bonds is 1. The maximum Gasteiger partial charge on any atom is 0.137 e. The van der Waals surface area contributed by atoms with E-state index in [9.17, 15) is 5.11 Å². The van der Waals surface area contributed by atoms with Gasteiger partial charge in [0.1, 0.15) is 5.75 Å². The van der Waals surface area contributed by atoms with E-state index in [0.717, 1.165) is 13.7 Å². The first-order valence-electron chi connectivity index (χ1n) is 3.98. The lowest BCUT2D eigenvalue weighted by molar-refractivity contribution is 0.477. The molecule has 0 fully saturated rings. The Labute approximate surface area is 98.9 Å². The molecular weight excluding hydrogens is 309 g/mol. The Bertz CT molecular complexity index is 527. The topological polar surface area (TPSA) is 44.0 Å². The van der Waals surface area contributed by atoms with Gasteiger partial charge in [0, 0.05) is 19.9 Å². The van der Waals surface area contributed by atoms with Crippen molar-refractivity contribution in [1.82, 2.24) is 0 Å². The fourth-order valence-corrected chi connectivity index (χ4v) is 3.23. The van der Waals surface area contributed by atoms with Crippen LogP contribution in [-0.4, -0.2) is 5.11 Å². The van der Waals surface area contributed by atoms with Gasteiger partial charge in [0.2, 0.25) is 0 Å². The van der Waals surface area contributed by atoms with Gasteiger partial charge in [0.05, 0.1) is 17.2 Å². The van der Waals surface area contributed by atoms with Crippen LogP contribution in [0.4, 0.5) is 0 Å². The second-order valence-corrected chi connectivity index (χ2v) is 4.91. The first-order valence-corrected chi connectivity index (χ1v) is 5.94. The summed E-state index contributed by atoms with van der Waals surface area (Å²) in [4.78, 5) is 0. The summed E-state index contributed by atoms with van der Waals surface area (Å²) in [5.74, 6) is 0.261. The molecule has 1 N–H and O–H groups in total. The monoisotopic (exact) mass is 315 g/mol. The van der Waals surface area contributed by atoms with Crippen molar-refractivity contribution in [3.8, 4) is 11.8 Å². The summed E-state index contributed by atoms with van der Waals surface area (Å²) in [7, 11) is 0. The van der Waals surface area contributed by atoms with E-state index in [2.05, 4.69) is 22.6 Å². The molecule has 0 aliphatic carbocycles. The number of aromatic hydroxyl groups is 1. The quantitative estimate of drug-likeness (QED) is 0.821. The van der Waals surface area contributed by atoms with Gasteiger partial charge in [-0.2, -0.15) is 5.26 Å². The van der Waals surface area contributed by atoms with E-state index >= 15 is 0 Å². The van der Waals surface area contributed by atoms with E-state index in [1.54, 1.807) is 0 Å². The highest BCUT2D eigenvalue weighted by atomic mass is 127. The van der Waals surface area contributed by atoms with Gasteiger partial charge in [-0.1, -0.05) is 12.1 Å². The average Bonchev–Trinajstić information content (AvgIpc) is 2.54. The van der Waals surface area contributed by atoms with Gasteiger partial charge >= 0.3 is 0 Å². The first kappa shape index (κ1) is 9.74. The Kier molecular flexibility index (Phi) is 2.61. The van der Waals surface area contributed by atoms with E-state index < -0.39 is 0 Å². The van der Waals surface area contributed by atoms with Crippen molar-refractivity contribution in [2.75, 3.05) is 0 Å². The summed E-state index contributed by atoms with van der Waals surface area (Å²) in [6, 6.07) is 5.81.